The van der Waals surface area contributed by atoms with Crippen molar-refractivity contribution in [1.29, 1.82) is 0 Å². The number of fused-ring (bicyclic) bond motifs is 1. The maximum atomic E-state index is 13.3. The lowest BCUT2D eigenvalue weighted by atomic mass is 10.2. The van der Waals surface area contributed by atoms with Gasteiger partial charge in [-0.15, -0.1) is 0 Å². The molecule has 0 spiro atoms. The number of aromatic nitrogens is 3. The Morgan fingerprint density at radius 2 is 1.92 bits per heavy atom. The summed E-state index contributed by atoms with van der Waals surface area (Å²) in [6.07, 6.45) is 3.19. The number of pyridine rings is 1. The molecule has 0 saturated carbocycles. The van der Waals surface area contributed by atoms with Gasteiger partial charge in [0, 0.05) is 24.8 Å². The standard InChI is InChI=1S/C17H16F2N4O/c1-10(2)23-15-9-20-4-3-14(15)22-16(17(23)24)21-8-11-5-12(18)7-13(19)6-11/h3-7,9-10H,8H2,1-2H3,(H,21,22). The van der Waals surface area contributed by atoms with Gasteiger partial charge in [0.25, 0.3) is 5.56 Å². The van der Waals surface area contributed by atoms with Crippen molar-refractivity contribution in [2.45, 2.75) is 26.4 Å². The monoisotopic (exact) mass is 330 g/mol. The van der Waals surface area contributed by atoms with Gasteiger partial charge in [-0.05, 0) is 37.6 Å². The van der Waals surface area contributed by atoms with Crippen molar-refractivity contribution >= 4 is 16.9 Å². The number of hydrogen-bond acceptors (Lipinski definition) is 4. The van der Waals surface area contributed by atoms with Crippen molar-refractivity contribution in [2.75, 3.05) is 5.32 Å². The third-order valence-corrected chi connectivity index (χ3v) is 3.59. The molecule has 0 amide bonds. The Morgan fingerprint density at radius 3 is 2.58 bits per heavy atom. The molecule has 5 nitrogen and oxygen atoms in total. The fourth-order valence-corrected chi connectivity index (χ4v) is 2.58. The lowest BCUT2D eigenvalue weighted by molar-refractivity contribution is 0.580. The Hall–Kier alpha value is -2.83. The first-order valence-corrected chi connectivity index (χ1v) is 7.51. The van der Waals surface area contributed by atoms with E-state index in [-0.39, 0.29) is 24.0 Å². The molecule has 0 saturated heterocycles. The van der Waals surface area contributed by atoms with E-state index in [2.05, 4.69) is 15.3 Å². The van der Waals surface area contributed by atoms with Crippen LogP contribution < -0.4 is 10.9 Å². The second-order valence-electron chi connectivity index (χ2n) is 5.72. The van der Waals surface area contributed by atoms with Gasteiger partial charge in [-0.1, -0.05) is 0 Å². The van der Waals surface area contributed by atoms with Crippen molar-refractivity contribution in [3.05, 3.63) is 64.2 Å². The van der Waals surface area contributed by atoms with E-state index in [1.807, 2.05) is 13.8 Å². The van der Waals surface area contributed by atoms with Crippen molar-refractivity contribution < 1.29 is 8.78 Å². The summed E-state index contributed by atoms with van der Waals surface area (Å²) in [4.78, 5) is 21.0. The molecule has 3 rings (SSSR count). The Bertz CT molecular complexity index is 933. The summed E-state index contributed by atoms with van der Waals surface area (Å²) in [5, 5.41) is 2.87. The average molecular weight is 330 g/mol. The number of benzene rings is 1. The minimum atomic E-state index is -0.663. The first-order chi connectivity index (χ1) is 11.5. The fraction of sp³-hybridized carbons (Fsp3) is 0.235. The molecule has 0 bridgehead atoms. The molecule has 0 aliphatic heterocycles. The molecule has 24 heavy (non-hydrogen) atoms. The predicted octanol–water partition coefficient (Wildman–Crippen LogP) is 3.26. The zero-order chi connectivity index (χ0) is 17.3. The van der Waals surface area contributed by atoms with E-state index in [0.717, 1.165) is 6.07 Å². The van der Waals surface area contributed by atoms with Crippen molar-refractivity contribution in [2.24, 2.45) is 0 Å². The quantitative estimate of drug-likeness (QED) is 0.798. The van der Waals surface area contributed by atoms with Crippen LogP contribution in [0.3, 0.4) is 0 Å². The number of rotatable bonds is 4. The van der Waals surface area contributed by atoms with Crippen LogP contribution in [-0.4, -0.2) is 14.5 Å². The van der Waals surface area contributed by atoms with Gasteiger partial charge < -0.3 is 5.32 Å². The zero-order valence-corrected chi connectivity index (χ0v) is 13.3. The van der Waals surface area contributed by atoms with Gasteiger partial charge in [0.05, 0.1) is 17.2 Å². The summed E-state index contributed by atoms with van der Waals surface area (Å²) in [6.45, 7) is 3.87. The van der Waals surface area contributed by atoms with Gasteiger partial charge in [-0.2, -0.15) is 0 Å². The van der Waals surface area contributed by atoms with Crippen LogP contribution >= 0.6 is 0 Å². The van der Waals surface area contributed by atoms with Crippen LogP contribution in [0, 0.1) is 11.6 Å². The molecule has 0 aliphatic rings. The van der Waals surface area contributed by atoms with Crippen molar-refractivity contribution in [1.82, 2.24) is 14.5 Å². The highest BCUT2D eigenvalue weighted by molar-refractivity contribution is 5.75. The molecular weight excluding hydrogens is 314 g/mol. The number of hydrogen-bond donors (Lipinski definition) is 1. The highest BCUT2D eigenvalue weighted by Gasteiger charge is 2.13. The smallest absolute Gasteiger partial charge is 0.294 e. The minimum absolute atomic E-state index is 0.0839. The predicted molar refractivity (Wildman–Crippen MR) is 87.9 cm³/mol. The highest BCUT2D eigenvalue weighted by atomic mass is 19.1. The van der Waals surface area contributed by atoms with E-state index in [1.54, 1.807) is 23.0 Å². The van der Waals surface area contributed by atoms with Gasteiger partial charge in [0.2, 0.25) is 0 Å². The minimum Gasteiger partial charge on any atom is -0.361 e. The Balaban J connectivity index is 2.00. The van der Waals surface area contributed by atoms with Crippen LogP contribution in [0.4, 0.5) is 14.6 Å². The molecular formula is C17H16F2N4O. The number of halogens is 2. The van der Waals surface area contributed by atoms with Crippen LogP contribution in [0.25, 0.3) is 11.0 Å². The molecule has 0 atom stereocenters. The van der Waals surface area contributed by atoms with Crippen LogP contribution in [0.2, 0.25) is 0 Å². The van der Waals surface area contributed by atoms with Gasteiger partial charge in [-0.25, -0.2) is 13.8 Å². The van der Waals surface area contributed by atoms with Crippen LogP contribution in [-0.2, 0) is 6.54 Å². The fourth-order valence-electron chi connectivity index (χ4n) is 2.58. The second-order valence-corrected chi connectivity index (χ2v) is 5.72. The third kappa shape index (κ3) is 3.10. The molecule has 2 aromatic heterocycles. The molecule has 2 heterocycles. The van der Waals surface area contributed by atoms with Gasteiger partial charge in [-0.3, -0.25) is 14.3 Å². The largest absolute Gasteiger partial charge is 0.361 e. The summed E-state index contributed by atoms with van der Waals surface area (Å²) < 4.78 is 28.1. The summed E-state index contributed by atoms with van der Waals surface area (Å²) in [5.74, 6) is -1.19. The molecule has 1 aromatic carbocycles. The van der Waals surface area contributed by atoms with Crippen LogP contribution in [0.5, 0.6) is 0 Å². The van der Waals surface area contributed by atoms with E-state index in [9.17, 15) is 13.6 Å². The van der Waals surface area contributed by atoms with E-state index in [0.29, 0.717) is 16.6 Å². The number of anilines is 1. The molecule has 0 fully saturated rings. The zero-order valence-electron chi connectivity index (χ0n) is 13.3. The third-order valence-electron chi connectivity index (χ3n) is 3.59. The van der Waals surface area contributed by atoms with Gasteiger partial charge >= 0.3 is 0 Å². The molecule has 3 aromatic rings. The normalized spacial score (nSPS) is 11.2. The van der Waals surface area contributed by atoms with Crippen molar-refractivity contribution in [3.63, 3.8) is 0 Å². The molecule has 0 aliphatic carbocycles. The van der Waals surface area contributed by atoms with Gasteiger partial charge in [0.15, 0.2) is 5.82 Å². The first-order valence-electron chi connectivity index (χ1n) is 7.51. The molecule has 0 radical (unpaired) electrons. The summed E-state index contributed by atoms with van der Waals surface area (Å²) in [6, 6.07) is 4.85. The molecule has 1 N–H and O–H groups in total. The van der Waals surface area contributed by atoms with Crippen LogP contribution in [0.1, 0.15) is 25.5 Å². The number of nitrogens with one attached hydrogen (secondary N) is 1. The molecule has 0 unspecified atom stereocenters. The highest BCUT2D eigenvalue weighted by Crippen LogP contribution is 2.16. The SMILES string of the molecule is CC(C)n1c(=O)c(NCc2cc(F)cc(F)c2)nc2ccncc21. The summed E-state index contributed by atoms with van der Waals surface area (Å²) in [7, 11) is 0. The molecule has 124 valence electrons. The van der Waals surface area contributed by atoms with Gasteiger partial charge in [0.1, 0.15) is 11.6 Å². The van der Waals surface area contributed by atoms with E-state index < -0.39 is 11.6 Å². The second kappa shape index (κ2) is 6.35. The maximum absolute atomic E-state index is 13.3. The van der Waals surface area contributed by atoms with E-state index in [1.165, 1.54) is 12.1 Å². The Kier molecular flexibility index (Phi) is 4.24. The summed E-state index contributed by atoms with van der Waals surface area (Å²) in [5.41, 5.74) is 1.34. The Morgan fingerprint density at radius 1 is 1.21 bits per heavy atom. The topological polar surface area (TPSA) is 59.8 Å². The number of nitrogens with zero attached hydrogens (tertiary/aromatic N) is 3. The maximum Gasteiger partial charge on any atom is 0.294 e. The van der Waals surface area contributed by atoms with E-state index in [4.69, 9.17) is 0 Å². The van der Waals surface area contributed by atoms with E-state index >= 15 is 0 Å². The average Bonchev–Trinajstić information content (AvgIpc) is 2.51. The summed E-state index contributed by atoms with van der Waals surface area (Å²) >= 11 is 0. The lowest BCUT2D eigenvalue weighted by Gasteiger charge is -2.15. The van der Waals surface area contributed by atoms with Crippen molar-refractivity contribution in [3.8, 4) is 0 Å². The first kappa shape index (κ1) is 16.0. The molecule has 7 heteroatoms. The Labute approximate surface area is 137 Å². The lowest BCUT2D eigenvalue weighted by Crippen LogP contribution is -2.27. The van der Waals surface area contributed by atoms with Crippen LogP contribution in [0.15, 0.2) is 41.5 Å².